The summed E-state index contributed by atoms with van der Waals surface area (Å²) in [4.78, 5) is 30.2. The van der Waals surface area contributed by atoms with Gasteiger partial charge in [-0.3, -0.25) is 14.5 Å². The van der Waals surface area contributed by atoms with Crippen LogP contribution in [0.4, 0.5) is 0 Å². The number of aliphatic hydroxyl groups excluding tert-OH is 1. The van der Waals surface area contributed by atoms with Gasteiger partial charge in [-0.25, -0.2) is 0 Å². The SMILES string of the molecule is CCOc1cccc(C(O)=C2C(=O)C(=O)N(CCCN3CCOCC3)C2c2ccc(I)cc2)c1. The van der Waals surface area contributed by atoms with Crippen LogP contribution >= 0.6 is 22.6 Å². The first-order chi connectivity index (χ1) is 16.5. The lowest BCUT2D eigenvalue weighted by Gasteiger charge is -2.29. The van der Waals surface area contributed by atoms with Gasteiger partial charge in [0.05, 0.1) is 31.4 Å². The van der Waals surface area contributed by atoms with Gasteiger partial charge in [0.15, 0.2) is 0 Å². The number of rotatable bonds is 8. The van der Waals surface area contributed by atoms with E-state index in [1.165, 1.54) is 0 Å². The average Bonchev–Trinajstić information content (AvgIpc) is 3.10. The summed E-state index contributed by atoms with van der Waals surface area (Å²) >= 11 is 2.22. The van der Waals surface area contributed by atoms with Crippen LogP contribution in [-0.4, -0.2) is 72.6 Å². The summed E-state index contributed by atoms with van der Waals surface area (Å²) in [7, 11) is 0. The van der Waals surface area contributed by atoms with Crippen molar-refractivity contribution in [2.75, 3.05) is 46.0 Å². The fourth-order valence-electron chi connectivity index (χ4n) is 4.45. The zero-order valence-electron chi connectivity index (χ0n) is 19.2. The summed E-state index contributed by atoms with van der Waals surface area (Å²) in [6.45, 7) is 6.79. The van der Waals surface area contributed by atoms with Gasteiger partial charge in [0.1, 0.15) is 11.5 Å². The molecule has 0 aromatic heterocycles. The topological polar surface area (TPSA) is 79.3 Å². The summed E-state index contributed by atoms with van der Waals surface area (Å²) in [5, 5.41) is 11.2. The third-order valence-electron chi connectivity index (χ3n) is 6.12. The number of ketones is 1. The Hall–Kier alpha value is -2.43. The number of carbonyl (C=O) groups excluding carboxylic acids is 2. The highest BCUT2D eigenvalue weighted by Gasteiger charge is 2.45. The van der Waals surface area contributed by atoms with Gasteiger partial charge < -0.3 is 19.5 Å². The van der Waals surface area contributed by atoms with E-state index in [4.69, 9.17) is 9.47 Å². The summed E-state index contributed by atoms with van der Waals surface area (Å²) < 4.78 is 12.0. The zero-order chi connectivity index (χ0) is 24.1. The molecule has 34 heavy (non-hydrogen) atoms. The molecule has 2 fully saturated rings. The molecule has 1 amide bonds. The maximum Gasteiger partial charge on any atom is 0.295 e. The van der Waals surface area contributed by atoms with Crippen LogP contribution in [0.5, 0.6) is 5.75 Å². The van der Waals surface area contributed by atoms with Crippen LogP contribution in [0.3, 0.4) is 0 Å². The van der Waals surface area contributed by atoms with Gasteiger partial charge in [0.2, 0.25) is 0 Å². The lowest BCUT2D eigenvalue weighted by Crippen LogP contribution is -2.38. The van der Waals surface area contributed by atoms with E-state index in [0.29, 0.717) is 37.7 Å². The number of likely N-dealkylation sites (tertiary alicyclic amines) is 1. The molecule has 1 unspecified atom stereocenters. The van der Waals surface area contributed by atoms with Crippen LogP contribution < -0.4 is 4.74 Å². The Labute approximate surface area is 213 Å². The Kier molecular flexibility index (Phi) is 8.23. The van der Waals surface area contributed by atoms with Crippen molar-refractivity contribution in [3.63, 3.8) is 0 Å². The minimum Gasteiger partial charge on any atom is -0.507 e. The fourth-order valence-corrected chi connectivity index (χ4v) is 4.81. The van der Waals surface area contributed by atoms with Crippen LogP contribution in [0, 0.1) is 3.57 Å². The molecule has 2 aromatic carbocycles. The standard InChI is InChI=1S/C26H29IN2O5/c1-2-34-21-6-3-5-19(17-21)24(30)22-23(18-7-9-20(27)10-8-18)29(26(32)25(22)31)12-4-11-28-13-15-33-16-14-28/h3,5-10,17,23,30H,2,4,11-16H2,1H3. The van der Waals surface area contributed by atoms with Crippen molar-refractivity contribution >= 4 is 40.0 Å². The van der Waals surface area contributed by atoms with Gasteiger partial charge in [-0.2, -0.15) is 0 Å². The van der Waals surface area contributed by atoms with Crippen LogP contribution in [-0.2, 0) is 14.3 Å². The molecule has 0 radical (unpaired) electrons. The molecule has 4 rings (SSSR count). The Morgan fingerprint density at radius 2 is 1.85 bits per heavy atom. The number of hydrogen-bond acceptors (Lipinski definition) is 6. The number of amides is 1. The number of halogens is 1. The van der Waals surface area contributed by atoms with E-state index in [9.17, 15) is 14.7 Å². The van der Waals surface area contributed by atoms with E-state index < -0.39 is 17.7 Å². The minimum absolute atomic E-state index is 0.117. The second kappa shape index (κ2) is 11.3. The lowest BCUT2D eigenvalue weighted by molar-refractivity contribution is -0.140. The first-order valence-electron chi connectivity index (χ1n) is 11.6. The molecule has 2 saturated heterocycles. The average molecular weight is 576 g/mol. The van der Waals surface area contributed by atoms with Gasteiger partial charge in [0.25, 0.3) is 11.7 Å². The highest BCUT2D eigenvalue weighted by molar-refractivity contribution is 14.1. The van der Waals surface area contributed by atoms with Crippen molar-refractivity contribution in [3.05, 3.63) is 68.8 Å². The predicted molar refractivity (Wildman–Crippen MR) is 138 cm³/mol. The molecule has 7 nitrogen and oxygen atoms in total. The molecular formula is C26H29IN2O5. The Bertz CT molecular complexity index is 1060. The monoisotopic (exact) mass is 576 g/mol. The van der Waals surface area contributed by atoms with E-state index in [1.54, 1.807) is 29.2 Å². The third kappa shape index (κ3) is 5.45. The molecule has 2 aliphatic rings. The maximum atomic E-state index is 13.2. The van der Waals surface area contributed by atoms with Crippen molar-refractivity contribution in [1.29, 1.82) is 0 Å². The normalized spacial score (nSPS) is 20.6. The Morgan fingerprint density at radius 1 is 1.12 bits per heavy atom. The number of morpholine rings is 1. The molecule has 0 spiro atoms. The van der Waals surface area contributed by atoms with E-state index in [1.807, 2.05) is 31.2 Å². The van der Waals surface area contributed by atoms with Crippen molar-refractivity contribution in [2.24, 2.45) is 0 Å². The molecule has 2 aliphatic heterocycles. The number of hydrogen-bond donors (Lipinski definition) is 1. The van der Waals surface area contributed by atoms with E-state index in [0.717, 1.165) is 35.2 Å². The maximum absolute atomic E-state index is 13.2. The second-order valence-electron chi connectivity index (χ2n) is 8.31. The molecule has 8 heteroatoms. The minimum atomic E-state index is -0.658. The predicted octanol–water partition coefficient (Wildman–Crippen LogP) is 3.83. The molecular weight excluding hydrogens is 547 g/mol. The van der Waals surface area contributed by atoms with Gasteiger partial charge in [-0.05, 0) is 65.8 Å². The van der Waals surface area contributed by atoms with E-state index >= 15 is 0 Å². The summed E-state index contributed by atoms with van der Waals surface area (Å²) in [5.41, 5.74) is 1.37. The number of benzene rings is 2. The number of aliphatic hydroxyl groups is 1. The van der Waals surface area contributed by atoms with E-state index in [-0.39, 0.29) is 11.3 Å². The second-order valence-corrected chi connectivity index (χ2v) is 9.56. The number of ether oxygens (including phenoxy) is 2. The van der Waals surface area contributed by atoms with Crippen molar-refractivity contribution in [2.45, 2.75) is 19.4 Å². The van der Waals surface area contributed by atoms with Gasteiger partial charge >= 0.3 is 0 Å². The molecule has 2 aromatic rings. The molecule has 1 N–H and O–H groups in total. The number of Topliss-reactive ketones (excluding diaryl/α,β-unsaturated/α-hetero) is 1. The highest BCUT2D eigenvalue weighted by atomic mass is 127. The number of nitrogens with zero attached hydrogens (tertiary/aromatic N) is 2. The van der Waals surface area contributed by atoms with Crippen LogP contribution in [0.2, 0.25) is 0 Å². The quantitative estimate of drug-likeness (QED) is 0.223. The summed E-state index contributed by atoms with van der Waals surface area (Å²) in [6.07, 6.45) is 0.730. The third-order valence-corrected chi connectivity index (χ3v) is 6.84. The van der Waals surface area contributed by atoms with Gasteiger partial charge in [-0.15, -0.1) is 0 Å². The van der Waals surface area contributed by atoms with E-state index in [2.05, 4.69) is 27.5 Å². The van der Waals surface area contributed by atoms with Gasteiger partial charge in [0, 0.05) is 35.3 Å². The Balaban J connectivity index is 1.67. The molecule has 2 heterocycles. The zero-order valence-corrected chi connectivity index (χ0v) is 21.4. The molecule has 1 atom stereocenters. The molecule has 0 saturated carbocycles. The first kappa shape index (κ1) is 24.7. The summed E-state index contributed by atoms with van der Waals surface area (Å²) in [6, 6.07) is 14.0. The Morgan fingerprint density at radius 3 is 2.56 bits per heavy atom. The van der Waals surface area contributed by atoms with Crippen molar-refractivity contribution in [1.82, 2.24) is 9.80 Å². The molecule has 0 bridgehead atoms. The van der Waals surface area contributed by atoms with Crippen molar-refractivity contribution in [3.8, 4) is 5.75 Å². The molecule has 0 aliphatic carbocycles. The fraction of sp³-hybridized carbons (Fsp3) is 0.385. The largest absolute Gasteiger partial charge is 0.507 e. The lowest BCUT2D eigenvalue weighted by atomic mass is 9.95. The summed E-state index contributed by atoms with van der Waals surface area (Å²) in [5.74, 6) is -0.821. The molecule has 180 valence electrons. The first-order valence-corrected chi connectivity index (χ1v) is 12.6. The smallest absolute Gasteiger partial charge is 0.295 e. The van der Waals surface area contributed by atoms with Gasteiger partial charge in [-0.1, -0.05) is 24.3 Å². The van der Waals surface area contributed by atoms with Crippen LogP contribution in [0.25, 0.3) is 5.76 Å². The van der Waals surface area contributed by atoms with Crippen LogP contribution in [0.15, 0.2) is 54.1 Å². The van der Waals surface area contributed by atoms with Crippen molar-refractivity contribution < 1.29 is 24.2 Å². The highest BCUT2D eigenvalue weighted by Crippen LogP contribution is 2.40. The van der Waals surface area contributed by atoms with Crippen LogP contribution in [0.1, 0.15) is 30.5 Å². The number of carbonyl (C=O) groups is 2.